The summed E-state index contributed by atoms with van der Waals surface area (Å²) >= 11 is 0. The number of nitrogens with one attached hydrogen (secondary N) is 2. The van der Waals surface area contributed by atoms with Crippen molar-refractivity contribution in [3.05, 3.63) is 89.5 Å². The van der Waals surface area contributed by atoms with Crippen molar-refractivity contribution in [2.75, 3.05) is 11.9 Å². The summed E-state index contributed by atoms with van der Waals surface area (Å²) < 4.78 is 5.61. The molecule has 0 aliphatic heterocycles. The molecule has 35 heavy (non-hydrogen) atoms. The van der Waals surface area contributed by atoms with E-state index in [1.54, 1.807) is 12.1 Å². The van der Waals surface area contributed by atoms with Crippen LogP contribution in [0.2, 0.25) is 0 Å². The van der Waals surface area contributed by atoms with Crippen LogP contribution < -0.4 is 10.6 Å². The van der Waals surface area contributed by atoms with Crippen LogP contribution in [-0.2, 0) is 9.53 Å². The number of carboxylic acid groups (broad SMARTS) is 1. The van der Waals surface area contributed by atoms with Crippen LogP contribution in [0.15, 0.2) is 72.8 Å². The SMILES string of the molecule is CC[C@H](C)[C@H](NC(=O)OCC1c2ccccc2-c2ccccc21)C(=O)Nc1cccc(C(=O)O)c1. The third-order valence-corrected chi connectivity index (χ3v) is 6.49. The van der Waals surface area contributed by atoms with Crippen LogP contribution in [0, 0.1) is 5.92 Å². The molecule has 0 aromatic heterocycles. The Balaban J connectivity index is 1.44. The van der Waals surface area contributed by atoms with E-state index in [4.69, 9.17) is 4.74 Å². The molecule has 2 amide bonds. The van der Waals surface area contributed by atoms with E-state index in [2.05, 4.69) is 22.8 Å². The largest absolute Gasteiger partial charge is 0.478 e. The molecule has 180 valence electrons. The number of carbonyl (C=O) groups is 3. The summed E-state index contributed by atoms with van der Waals surface area (Å²) in [5.74, 6) is -1.77. The number of anilines is 1. The highest BCUT2D eigenvalue weighted by atomic mass is 16.5. The van der Waals surface area contributed by atoms with E-state index < -0.39 is 24.0 Å². The number of rotatable bonds is 8. The zero-order valence-corrected chi connectivity index (χ0v) is 19.7. The average molecular weight is 473 g/mol. The molecule has 3 aromatic rings. The van der Waals surface area contributed by atoms with Crippen molar-refractivity contribution < 1.29 is 24.2 Å². The van der Waals surface area contributed by atoms with E-state index in [0.717, 1.165) is 22.3 Å². The maximum atomic E-state index is 13.0. The van der Waals surface area contributed by atoms with Gasteiger partial charge in [0, 0.05) is 11.6 Å². The normalized spacial score (nSPS) is 13.8. The Morgan fingerprint density at radius 1 is 0.943 bits per heavy atom. The highest BCUT2D eigenvalue weighted by Gasteiger charge is 2.31. The average Bonchev–Trinajstić information content (AvgIpc) is 3.19. The number of alkyl carbamates (subject to hydrolysis) is 1. The molecule has 3 aromatic carbocycles. The molecule has 0 unspecified atom stereocenters. The molecular weight excluding hydrogens is 444 g/mol. The zero-order chi connectivity index (χ0) is 24.9. The van der Waals surface area contributed by atoms with Crippen molar-refractivity contribution in [3.8, 4) is 11.1 Å². The van der Waals surface area contributed by atoms with Crippen molar-refractivity contribution in [1.82, 2.24) is 5.32 Å². The standard InChI is InChI=1S/C28H28N2O5/c1-3-17(2)25(26(31)29-19-10-8-9-18(15-19)27(32)33)30-28(34)35-16-24-22-13-6-4-11-20(22)21-12-5-7-14-23(21)24/h4-15,17,24-25H,3,16H2,1-2H3,(H,29,31)(H,30,34)(H,32,33)/t17-,25-/m0/s1. The van der Waals surface area contributed by atoms with Gasteiger partial charge in [0.15, 0.2) is 0 Å². The minimum atomic E-state index is -1.09. The molecule has 0 radical (unpaired) electrons. The number of hydrogen-bond acceptors (Lipinski definition) is 4. The first-order chi connectivity index (χ1) is 16.9. The van der Waals surface area contributed by atoms with Crippen LogP contribution in [0.3, 0.4) is 0 Å². The number of carbonyl (C=O) groups excluding carboxylic acids is 2. The van der Waals surface area contributed by atoms with E-state index >= 15 is 0 Å². The molecule has 7 nitrogen and oxygen atoms in total. The summed E-state index contributed by atoms with van der Waals surface area (Å²) in [4.78, 5) is 37.0. The fourth-order valence-corrected chi connectivity index (χ4v) is 4.42. The number of amides is 2. The fourth-order valence-electron chi connectivity index (χ4n) is 4.42. The van der Waals surface area contributed by atoms with Crippen LogP contribution in [0.25, 0.3) is 11.1 Å². The Morgan fingerprint density at radius 3 is 2.17 bits per heavy atom. The molecule has 7 heteroatoms. The maximum absolute atomic E-state index is 13.0. The Bertz CT molecular complexity index is 1210. The lowest BCUT2D eigenvalue weighted by molar-refractivity contribution is -0.119. The molecule has 0 bridgehead atoms. The number of aromatic carboxylic acids is 1. The first kappa shape index (κ1) is 24.0. The highest BCUT2D eigenvalue weighted by Crippen LogP contribution is 2.44. The minimum absolute atomic E-state index is 0.0624. The number of ether oxygens (including phenoxy) is 1. The zero-order valence-electron chi connectivity index (χ0n) is 19.7. The van der Waals surface area contributed by atoms with Gasteiger partial charge in [-0.15, -0.1) is 0 Å². The summed E-state index contributed by atoms with van der Waals surface area (Å²) in [7, 11) is 0. The lowest BCUT2D eigenvalue weighted by atomic mass is 9.98. The monoisotopic (exact) mass is 472 g/mol. The third-order valence-electron chi connectivity index (χ3n) is 6.49. The van der Waals surface area contributed by atoms with Crippen LogP contribution in [-0.4, -0.2) is 35.7 Å². The second-order valence-electron chi connectivity index (χ2n) is 8.71. The van der Waals surface area contributed by atoms with Crippen LogP contribution >= 0.6 is 0 Å². The summed E-state index contributed by atoms with van der Waals surface area (Å²) in [6.45, 7) is 3.94. The van der Waals surface area contributed by atoms with Crippen molar-refractivity contribution in [2.45, 2.75) is 32.2 Å². The van der Waals surface area contributed by atoms with Crippen molar-refractivity contribution >= 4 is 23.7 Å². The van der Waals surface area contributed by atoms with E-state index in [1.165, 1.54) is 12.1 Å². The van der Waals surface area contributed by atoms with E-state index in [-0.39, 0.29) is 24.0 Å². The van der Waals surface area contributed by atoms with Gasteiger partial charge in [-0.3, -0.25) is 4.79 Å². The second-order valence-corrected chi connectivity index (χ2v) is 8.71. The number of fused-ring (bicyclic) bond motifs is 3. The lowest BCUT2D eigenvalue weighted by Gasteiger charge is -2.24. The fraction of sp³-hybridized carbons (Fsp3) is 0.250. The predicted octanol–water partition coefficient (Wildman–Crippen LogP) is 5.28. The maximum Gasteiger partial charge on any atom is 0.407 e. The number of hydrogen-bond donors (Lipinski definition) is 3. The molecule has 0 saturated carbocycles. The number of carboxylic acids is 1. The van der Waals surface area contributed by atoms with Gasteiger partial charge in [-0.05, 0) is 46.4 Å². The smallest absolute Gasteiger partial charge is 0.407 e. The van der Waals surface area contributed by atoms with Crippen LogP contribution in [0.4, 0.5) is 10.5 Å². The molecule has 1 aliphatic carbocycles. The molecule has 0 heterocycles. The lowest BCUT2D eigenvalue weighted by Crippen LogP contribution is -2.48. The van der Waals surface area contributed by atoms with Crippen LogP contribution in [0.1, 0.15) is 47.7 Å². The van der Waals surface area contributed by atoms with E-state index in [1.807, 2.05) is 50.2 Å². The molecular formula is C28H28N2O5. The second kappa shape index (κ2) is 10.4. The van der Waals surface area contributed by atoms with Gasteiger partial charge in [0.05, 0.1) is 5.56 Å². The van der Waals surface area contributed by atoms with Gasteiger partial charge in [-0.2, -0.15) is 0 Å². The Kier molecular flexibility index (Phi) is 7.15. The Hall–Kier alpha value is -4.13. The van der Waals surface area contributed by atoms with Gasteiger partial charge in [0.25, 0.3) is 0 Å². The van der Waals surface area contributed by atoms with Crippen molar-refractivity contribution in [3.63, 3.8) is 0 Å². The summed E-state index contributed by atoms with van der Waals surface area (Å²) in [6.07, 6.45) is -0.0247. The van der Waals surface area contributed by atoms with Gasteiger partial charge in [0.1, 0.15) is 12.6 Å². The van der Waals surface area contributed by atoms with E-state index in [9.17, 15) is 19.5 Å². The summed E-state index contributed by atoms with van der Waals surface area (Å²) in [5, 5.41) is 14.6. The van der Waals surface area contributed by atoms with Gasteiger partial charge < -0.3 is 20.5 Å². The molecule has 0 spiro atoms. The van der Waals surface area contributed by atoms with Gasteiger partial charge in [-0.25, -0.2) is 9.59 Å². The summed E-state index contributed by atoms with van der Waals surface area (Å²) in [6, 6.07) is 21.3. The minimum Gasteiger partial charge on any atom is -0.478 e. The van der Waals surface area contributed by atoms with Gasteiger partial charge in [-0.1, -0.05) is 74.9 Å². The molecule has 2 atom stereocenters. The van der Waals surface area contributed by atoms with Crippen LogP contribution in [0.5, 0.6) is 0 Å². The molecule has 0 fully saturated rings. The highest BCUT2D eigenvalue weighted by molar-refractivity contribution is 5.98. The van der Waals surface area contributed by atoms with Crippen molar-refractivity contribution in [2.24, 2.45) is 5.92 Å². The first-order valence-corrected chi connectivity index (χ1v) is 11.6. The van der Waals surface area contributed by atoms with Gasteiger partial charge in [0.2, 0.25) is 5.91 Å². The molecule has 1 aliphatic rings. The topological polar surface area (TPSA) is 105 Å². The third kappa shape index (κ3) is 5.19. The molecule has 3 N–H and O–H groups in total. The van der Waals surface area contributed by atoms with Gasteiger partial charge >= 0.3 is 12.1 Å². The van der Waals surface area contributed by atoms with Crippen molar-refractivity contribution in [1.29, 1.82) is 0 Å². The molecule has 4 rings (SSSR count). The summed E-state index contributed by atoms with van der Waals surface area (Å²) in [5.41, 5.74) is 4.90. The first-order valence-electron chi connectivity index (χ1n) is 11.6. The quantitative estimate of drug-likeness (QED) is 0.414. The molecule has 0 saturated heterocycles. The number of benzene rings is 3. The Morgan fingerprint density at radius 2 is 1.57 bits per heavy atom. The Labute approximate surface area is 204 Å². The predicted molar refractivity (Wildman–Crippen MR) is 133 cm³/mol. The van der Waals surface area contributed by atoms with E-state index in [0.29, 0.717) is 12.1 Å².